The van der Waals surface area contributed by atoms with Gasteiger partial charge in [-0.25, -0.2) is 15.0 Å². The third-order valence-electron chi connectivity index (χ3n) is 8.07. The van der Waals surface area contributed by atoms with Gasteiger partial charge < -0.3 is 4.42 Å². The minimum Gasteiger partial charge on any atom is -0.456 e. The van der Waals surface area contributed by atoms with Crippen molar-refractivity contribution >= 4 is 32.7 Å². The van der Waals surface area contributed by atoms with Gasteiger partial charge in [0.2, 0.25) is 0 Å². The number of benzene rings is 7. The second-order valence-corrected chi connectivity index (χ2v) is 11.0. The van der Waals surface area contributed by atoms with E-state index in [1.54, 1.807) is 36.4 Å². The Bertz CT molecular complexity index is 3040. The first-order valence-corrected chi connectivity index (χ1v) is 15.0. The second kappa shape index (κ2) is 11.2. The minimum absolute atomic E-state index is 0.0268. The minimum atomic E-state index is -0.453. The third kappa shape index (κ3) is 4.93. The average molecular weight is 611 g/mol. The van der Waals surface area contributed by atoms with E-state index >= 15 is 0 Å². The highest BCUT2D eigenvalue weighted by Gasteiger charge is 2.15. The molecule has 0 saturated heterocycles. The van der Waals surface area contributed by atoms with Crippen LogP contribution in [-0.2, 0) is 0 Å². The highest BCUT2D eigenvalue weighted by molar-refractivity contribution is 6.12. The van der Waals surface area contributed by atoms with Crippen molar-refractivity contribution in [3.8, 4) is 56.4 Å². The van der Waals surface area contributed by atoms with Crippen molar-refractivity contribution in [1.82, 2.24) is 15.0 Å². The molecular weight excluding hydrogens is 574 g/mol. The van der Waals surface area contributed by atoms with Crippen molar-refractivity contribution in [2.45, 2.75) is 0 Å². The summed E-state index contributed by atoms with van der Waals surface area (Å²) in [7, 11) is 0. The number of fused-ring (bicyclic) bond motifs is 4. The topological polar surface area (TPSA) is 51.8 Å². The number of hydrogen-bond donors (Lipinski definition) is 0. The van der Waals surface area contributed by atoms with Gasteiger partial charge in [0, 0.05) is 27.5 Å². The fourth-order valence-electron chi connectivity index (χ4n) is 5.81. The Balaban J connectivity index is 1.20. The molecule has 0 aliphatic rings. The largest absolute Gasteiger partial charge is 0.456 e. The molecule has 0 aliphatic heterocycles. The molecule has 0 saturated carbocycles. The molecule has 47 heavy (non-hydrogen) atoms. The van der Waals surface area contributed by atoms with E-state index in [0.29, 0.717) is 38.8 Å². The lowest BCUT2D eigenvalue weighted by Gasteiger charge is -2.10. The van der Waals surface area contributed by atoms with E-state index in [-0.39, 0.29) is 70.4 Å². The van der Waals surface area contributed by atoms with Gasteiger partial charge in [0.05, 0.1) is 12.3 Å². The third-order valence-corrected chi connectivity index (χ3v) is 8.07. The quantitative estimate of drug-likeness (QED) is 0.195. The van der Waals surface area contributed by atoms with Crippen molar-refractivity contribution in [2.24, 2.45) is 0 Å². The first kappa shape index (κ1) is 19.2. The summed E-state index contributed by atoms with van der Waals surface area (Å²) in [5.74, 6) is 0.486. The maximum atomic E-state index is 9.24. The van der Waals surface area contributed by atoms with Gasteiger partial charge in [-0.05, 0) is 57.3 Å². The molecular formula is C43H27N3O. The van der Waals surface area contributed by atoms with Crippen LogP contribution in [-0.4, -0.2) is 15.0 Å². The molecule has 0 bridgehead atoms. The zero-order valence-corrected chi connectivity index (χ0v) is 24.6. The van der Waals surface area contributed by atoms with Gasteiger partial charge in [-0.1, -0.05) is 139 Å². The lowest BCUT2D eigenvalue weighted by Crippen LogP contribution is -2.00. The summed E-state index contributed by atoms with van der Waals surface area (Å²) in [5, 5.41) is 3.00. The van der Waals surface area contributed by atoms with Crippen molar-refractivity contribution in [3.05, 3.63) is 164 Å². The van der Waals surface area contributed by atoms with Gasteiger partial charge in [-0.2, -0.15) is 0 Å². The molecule has 0 atom stereocenters. The summed E-state index contributed by atoms with van der Waals surface area (Å²) in [6, 6.07) is 29.8. The lowest BCUT2D eigenvalue weighted by atomic mass is 9.98. The lowest BCUT2D eigenvalue weighted by molar-refractivity contribution is 0.669. The zero-order chi connectivity index (χ0) is 39.0. The molecule has 0 aliphatic carbocycles. The van der Waals surface area contributed by atoms with E-state index < -0.39 is 18.1 Å². The number of hydrogen-bond acceptors (Lipinski definition) is 4. The van der Waals surface area contributed by atoms with Gasteiger partial charge in [-0.15, -0.1) is 0 Å². The Morgan fingerprint density at radius 1 is 0.426 bits per heavy atom. The maximum Gasteiger partial charge on any atom is 0.164 e. The monoisotopic (exact) mass is 610 g/mol. The van der Waals surface area contributed by atoms with E-state index in [1.165, 1.54) is 0 Å². The Hall–Kier alpha value is -6.39. The highest BCUT2D eigenvalue weighted by Crippen LogP contribution is 2.37. The van der Waals surface area contributed by atoms with Gasteiger partial charge in [-0.3, -0.25) is 0 Å². The van der Waals surface area contributed by atoms with Crippen molar-refractivity contribution < 1.29 is 16.8 Å². The van der Waals surface area contributed by atoms with Crippen LogP contribution in [0.3, 0.4) is 0 Å². The maximum absolute atomic E-state index is 9.24. The smallest absolute Gasteiger partial charge is 0.164 e. The van der Waals surface area contributed by atoms with E-state index in [0.717, 1.165) is 16.2 Å². The van der Waals surface area contributed by atoms with Gasteiger partial charge in [0.25, 0.3) is 0 Å². The van der Waals surface area contributed by atoms with Gasteiger partial charge in [0.1, 0.15) is 11.2 Å². The summed E-state index contributed by atoms with van der Waals surface area (Å²) in [6.07, 6.45) is 0. The second-order valence-electron chi connectivity index (χ2n) is 11.0. The standard InChI is InChI=1S/C43H27N3O/c1-3-10-28(11-4-1)32-22-23-34-27-35(25-24-33(34)26-32)43-45-41(30-12-5-2-6-13-30)44-42(46-43)31-20-18-29(19-21-31)36-15-9-17-39-40(36)37-14-7-8-16-38(37)47-39/h1-27H/i1D,3D,4D,10D,11D,18D,19D,20D,21D. The Labute approximate surface area is 284 Å². The van der Waals surface area contributed by atoms with Crippen LogP contribution in [0.5, 0.6) is 0 Å². The van der Waals surface area contributed by atoms with Crippen molar-refractivity contribution in [3.63, 3.8) is 0 Å². The zero-order valence-electron chi connectivity index (χ0n) is 33.6. The normalized spacial score (nSPS) is 14.1. The summed E-state index contributed by atoms with van der Waals surface area (Å²) in [4.78, 5) is 14.3. The van der Waals surface area contributed by atoms with Gasteiger partial charge in [0.15, 0.2) is 17.5 Å². The predicted molar refractivity (Wildman–Crippen MR) is 192 cm³/mol. The van der Waals surface area contributed by atoms with Crippen LogP contribution in [0.2, 0.25) is 0 Å². The number of aromatic nitrogens is 3. The Morgan fingerprint density at radius 3 is 1.83 bits per heavy atom. The average Bonchev–Trinajstić information content (AvgIpc) is 3.61. The fraction of sp³-hybridized carbons (Fsp3) is 0. The molecule has 9 aromatic rings. The molecule has 2 heterocycles. The number of furan rings is 1. The molecule has 0 N–H and O–H groups in total. The first-order valence-electron chi connectivity index (χ1n) is 19.5. The molecule has 9 rings (SSSR count). The summed E-state index contributed by atoms with van der Waals surface area (Å²) >= 11 is 0. The van der Waals surface area contributed by atoms with Crippen LogP contribution in [0.25, 0.3) is 89.1 Å². The molecule has 2 aromatic heterocycles. The van der Waals surface area contributed by atoms with Gasteiger partial charge >= 0.3 is 0 Å². The number of para-hydroxylation sites is 1. The van der Waals surface area contributed by atoms with Crippen LogP contribution < -0.4 is 0 Å². The van der Waals surface area contributed by atoms with Crippen LogP contribution in [0.1, 0.15) is 12.3 Å². The van der Waals surface area contributed by atoms with E-state index in [1.807, 2.05) is 72.8 Å². The number of nitrogens with zero attached hydrogens (tertiary/aromatic N) is 3. The first-order chi connectivity index (χ1) is 27.0. The molecule has 0 fully saturated rings. The SMILES string of the molecule is [2H]c1c([2H])c([2H])c(-c2ccc3cc(-c4nc(-c5ccccc5)nc(-c5c([2H])c([2H])c(-c6cccc7oc8ccccc8c67)c([2H])c5[2H])n4)ccc3c2)c([2H])c1[2H]. The molecule has 0 unspecified atom stereocenters. The Kier molecular flexibility index (Phi) is 4.57. The molecule has 4 heteroatoms. The molecule has 0 spiro atoms. The summed E-state index contributed by atoms with van der Waals surface area (Å²) in [5.41, 5.74) is 3.62. The van der Waals surface area contributed by atoms with Crippen molar-refractivity contribution in [2.75, 3.05) is 0 Å². The van der Waals surface area contributed by atoms with Crippen LogP contribution in [0, 0.1) is 0 Å². The molecule has 0 radical (unpaired) electrons. The predicted octanol–water partition coefficient (Wildman–Crippen LogP) is 11.3. The Morgan fingerprint density at radius 2 is 1.04 bits per heavy atom. The van der Waals surface area contributed by atoms with Crippen molar-refractivity contribution in [1.29, 1.82) is 0 Å². The van der Waals surface area contributed by atoms with Crippen LogP contribution >= 0.6 is 0 Å². The fourth-order valence-corrected chi connectivity index (χ4v) is 5.81. The summed E-state index contributed by atoms with van der Waals surface area (Å²) in [6.45, 7) is 0. The van der Waals surface area contributed by atoms with E-state index in [2.05, 4.69) is 0 Å². The number of rotatable bonds is 5. The van der Waals surface area contributed by atoms with Crippen LogP contribution in [0.4, 0.5) is 0 Å². The van der Waals surface area contributed by atoms with E-state index in [9.17, 15) is 5.48 Å². The molecule has 4 nitrogen and oxygen atoms in total. The molecule has 7 aromatic carbocycles. The molecule has 220 valence electrons. The van der Waals surface area contributed by atoms with Crippen LogP contribution in [0.15, 0.2) is 168 Å². The molecule has 0 amide bonds. The highest BCUT2D eigenvalue weighted by atomic mass is 16.3. The van der Waals surface area contributed by atoms with E-state index in [4.69, 9.17) is 26.2 Å². The summed E-state index contributed by atoms with van der Waals surface area (Å²) < 4.78 is 84.0.